The first kappa shape index (κ1) is 13.7. The van der Waals surface area contributed by atoms with E-state index in [1.807, 2.05) is 12.1 Å². The number of para-hydroxylation sites is 1. The summed E-state index contributed by atoms with van der Waals surface area (Å²) in [7, 11) is 4.28. The molecule has 1 saturated heterocycles. The van der Waals surface area contributed by atoms with Gasteiger partial charge in [0.05, 0.1) is 10.7 Å². The number of likely N-dealkylation sites (N-methyl/N-ethyl adjacent to an activating group) is 1. The fourth-order valence-corrected chi connectivity index (χ4v) is 2.95. The molecule has 2 rings (SSSR count). The molecule has 0 aromatic heterocycles. The van der Waals surface area contributed by atoms with E-state index in [4.69, 9.17) is 17.3 Å². The first-order valence-electron chi connectivity index (χ1n) is 6.52. The second-order valence-corrected chi connectivity index (χ2v) is 5.55. The summed E-state index contributed by atoms with van der Waals surface area (Å²) < 4.78 is 0. The first-order valence-corrected chi connectivity index (χ1v) is 6.90. The summed E-state index contributed by atoms with van der Waals surface area (Å²) in [5.74, 6) is 0. The van der Waals surface area contributed by atoms with Gasteiger partial charge in [0.1, 0.15) is 0 Å². The molecule has 1 aliphatic heterocycles. The molecule has 0 saturated carbocycles. The second-order valence-electron chi connectivity index (χ2n) is 5.14. The lowest BCUT2D eigenvalue weighted by Gasteiger charge is -2.25. The minimum absolute atomic E-state index is 0.618. The second kappa shape index (κ2) is 5.91. The van der Waals surface area contributed by atoms with Crippen LogP contribution in [0.3, 0.4) is 0 Å². The Bertz CT molecular complexity index is 406. The van der Waals surface area contributed by atoms with Gasteiger partial charge in [-0.1, -0.05) is 23.7 Å². The quantitative estimate of drug-likeness (QED) is 0.906. The van der Waals surface area contributed by atoms with E-state index in [0.29, 0.717) is 12.6 Å². The highest BCUT2D eigenvalue weighted by atomic mass is 35.5. The SMILES string of the molecule is CN(C)C1CCN(c2c(Cl)cccc2CCN)C1. The fraction of sp³-hybridized carbons (Fsp3) is 0.571. The van der Waals surface area contributed by atoms with Gasteiger partial charge in [0, 0.05) is 19.1 Å². The third-order valence-electron chi connectivity index (χ3n) is 3.69. The minimum Gasteiger partial charge on any atom is -0.368 e. The van der Waals surface area contributed by atoms with Crippen LogP contribution in [0.1, 0.15) is 12.0 Å². The van der Waals surface area contributed by atoms with Gasteiger partial charge in [0.2, 0.25) is 0 Å². The third-order valence-corrected chi connectivity index (χ3v) is 4.00. The van der Waals surface area contributed by atoms with E-state index < -0.39 is 0 Å². The zero-order valence-electron chi connectivity index (χ0n) is 11.2. The molecule has 0 aliphatic carbocycles. The third kappa shape index (κ3) is 2.79. The summed E-state index contributed by atoms with van der Waals surface area (Å²) in [4.78, 5) is 4.69. The lowest BCUT2D eigenvalue weighted by molar-refractivity contribution is 0.315. The highest BCUT2D eigenvalue weighted by Gasteiger charge is 2.26. The maximum Gasteiger partial charge on any atom is 0.0642 e. The van der Waals surface area contributed by atoms with Crippen molar-refractivity contribution in [2.75, 3.05) is 38.6 Å². The molecule has 1 aromatic rings. The standard InChI is InChI=1S/C14H22ClN3/c1-17(2)12-7-9-18(10-12)14-11(6-8-16)4-3-5-13(14)15/h3-5,12H,6-10,16H2,1-2H3. The van der Waals surface area contributed by atoms with Crippen molar-refractivity contribution in [3.63, 3.8) is 0 Å². The summed E-state index contributed by atoms with van der Waals surface area (Å²) in [6.45, 7) is 2.79. The molecule has 18 heavy (non-hydrogen) atoms. The van der Waals surface area contributed by atoms with Crippen molar-refractivity contribution in [3.8, 4) is 0 Å². The normalized spacial score (nSPS) is 19.8. The van der Waals surface area contributed by atoms with Crippen LogP contribution < -0.4 is 10.6 Å². The van der Waals surface area contributed by atoms with Crippen molar-refractivity contribution in [1.82, 2.24) is 4.90 Å². The number of anilines is 1. The maximum absolute atomic E-state index is 6.38. The lowest BCUT2D eigenvalue weighted by atomic mass is 10.1. The molecule has 4 heteroatoms. The van der Waals surface area contributed by atoms with Gasteiger partial charge >= 0.3 is 0 Å². The Kier molecular flexibility index (Phi) is 4.49. The van der Waals surface area contributed by atoms with Gasteiger partial charge in [-0.25, -0.2) is 0 Å². The van der Waals surface area contributed by atoms with E-state index in [2.05, 4.69) is 30.0 Å². The van der Waals surface area contributed by atoms with Crippen molar-refractivity contribution in [2.45, 2.75) is 18.9 Å². The van der Waals surface area contributed by atoms with E-state index in [9.17, 15) is 0 Å². The largest absolute Gasteiger partial charge is 0.368 e. The molecule has 1 aromatic carbocycles. The molecule has 1 aliphatic rings. The van der Waals surface area contributed by atoms with E-state index in [1.54, 1.807) is 0 Å². The van der Waals surface area contributed by atoms with E-state index in [1.165, 1.54) is 17.7 Å². The van der Waals surface area contributed by atoms with Gasteiger partial charge in [-0.2, -0.15) is 0 Å². The van der Waals surface area contributed by atoms with Gasteiger partial charge < -0.3 is 15.5 Å². The first-order chi connectivity index (χ1) is 8.63. The molecular weight excluding hydrogens is 246 g/mol. The van der Waals surface area contributed by atoms with Gasteiger partial charge in [-0.15, -0.1) is 0 Å². The zero-order chi connectivity index (χ0) is 13.1. The van der Waals surface area contributed by atoms with Crippen LogP contribution in [0.4, 0.5) is 5.69 Å². The van der Waals surface area contributed by atoms with Crippen LogP contribution >= 0.6 is 11.6 Å². The molecule has 1 heterocycles. The average molecular weight is 268 g/mol. The highest BCUT2D eigenvalue weighted by molar-refractivity contribution is 6.33. The molecule has 0 radical (unpaired) electrons. The maximum atomic E-state index is 6.38. The number of nitrogens with zero attached hydrogens (tertiary/aromatic N) is 2. The molecule has 0 amide bonds. The summed E-state index contributed by atoms with van der Waals surface area (Å²) in [6, 6.07) is 6.74. The van der Waals surface area contributed by atoms with Crippen molar-refractivity contribution in [2.24, 2.45) is 5.73 Å². The van der Waals surface area contributed by atoms with Crippen molar-refractivity contribution >= 4 is 17.3 Å². The Hall–Kier alpha value is -0.770. The summed E-state index contributed by atoms with van der Waals surface area (Å²) >= 11 is 6.38. The van der Waals surface area contributed by atoms with Crippen LogP contribution in [0.15, 0.2) is 18.2 Å². The number of rotatable bonds is 4. The number of benzene rings is 1. The summed E-state index contributed by atoms with van der Waals surface area (Å²) in [5, 5.41) is 0.848. The average Bonchev–Trinajstić information content (AvgIpc) is 2.79. The Balaban J connectivity index is 2.23. The molecule has 100 valence electrons. The molecular formula is C14H22ClN3. The van der Waals surface area contributed by atoms with Gasteiger partial charge in [-0.3, -0.25) is 0 Å². The van der Waals surface area contributed by atoms with E-state index >= 15 is 0 Å². The van der Waals surface area contributed by atoms with Crippen molar-refractivity contribution in [3.05, 3.63) is 28.8 Å². The molecule has 3 nitrogen and oxygen atoms in total. The topological polar surface area (TPSA) is 32.5 Å². The molecule has 1 fully saturated rings. The predicted molar refractivity (Wildman–Crippen MR) is 78.5 cm³/mol. The van der Waals surface area contributed by atoms with Gasteiger partial charge in [0.15, 0.2) is 0 Å². The number of halogens is 1. The molecule has 1 atom stereocenters. The zero-order valence-corrected chi connectivity index (χ0v) is 12.0. The van der Waals surface area contributed by atoms with Gasteiger partial charge in [-0.05, 0) is 45.1 Å². The van der Waals surface area contributed by atoms with Crippen LogP contribution in [-0.4, -0.2) is 44.7 Å². The van der Waals surface area contributed by atoms with Gasteiger partial charge in [0.25, 0.3) is 0 Å². The molecule has 0 spiro atoms. The number of hydrogen-bond acceptors (Lipinski definition) is 3. The fourth-order valence-electron chi connectivity index (χ4n) is 2.64. The molecule has 1 unspecified atom stereocenters. The summed E-state index contributed by atoms with van der Waals surface area (Å²) in [6.07, 6.45) is 2.08. The van der Waals surface area contributed by atoms with E-state index in [0.717, 1.165) is 24.5 Å². The Morgan fingerprint density at radius 1 is 1.44 bits per heavy atom. The number of hydrogen-bond donors (Lipinski definition) is 1. The van der Waals surface area contributed by atoms with E-state index in [-0.39, 0.29) is 0 Å². The number of nitrogens with two attached hydrogens (primary N) is 1. The summed E-state index contributed by atoms with van der Waals surface area (Å²) in [5.41, 5.74) is 8.14. The smallest absolute Gasteiger partial charge is 0.0642 e. The minimum atomic E-state index is 0.618. The highest BCUT2D eigenvalue weighted by Crippen LogP contribution is 2.33. The van der Waals surface area contributed by atoms with Crippen LogP contribution in [0, 0.1) is 0 Å². The van der Waals surface area contributed by atoms with Crippen LogP contribution in [0.25, 0.3) is 0 Å². The van der Waals surface area contributed by atoms with Crippen molar-refractivity contribution in [1.29, 1.82) is 0 Å². The monoisotopic (exact) mass is 267 g/mol. The molecule has 0 bridgehead atoms. The lowest BCUT2D eigenvalue weighted by Crippen LogP contribution is -2.32. The Morgan fingerprint density at radius 2 is 2.22 bits per heavy atom. The Labute approximate surface area is 115 Å². The van der Waals surface area contributed by atoms with Crippen molar-refractivity contribution < 1.29 is 0 Å². The van der Waals surface area contributed by atoms with Crippen LogP contribution in [-0.2, 0) is 6.42 Å². The van der Waals surface area contributed by atoms with Crippen LogP contribution in [0.2, 0.25) is 5.02 Å². The Morgan fingerprint density at radius 3 is 2.83 bits per heavy atom. The van der Waals surface area contributed by atoms with Crippen LogP contribution in [0.5, 0.6) is 0 Å². The molecule has 2 N–H and O–H groups in total. The predicted octanol–water partition coefficient (Wildman–Crippen LogP) is 1.98.